The zero-order valence-corrected chi connectivity index (χ0v) is 12.0. The predicted molar refractivity (Wildman–Crippen MR) is 79.3 cm³/mol. The molecule has 5 heteroatoms. The lowest BCUT2D eigenvalue weighted by molar-refractivity contribution is -0.384. The summed E-state index contributed by atoms with van der Waals surface area (Å²) in [4.78, 5) is 10.4. The smallest absolute Gasteiger partial charge is 0.271 e. The van der Waals surface area contributed by atoms with Crippen LogP contribution in [0.1, 0.15) is 11.1 Å². The van der Waals surface area contributed by atoms with Crippen LogP contribution in [-0.2, 0) is 6.54 Å². The fourth-order valence-corrected chi connectivity index (χ4v) is 2.20. The van der Waals surface area contributed by atoms with E-state index >= 15 is 0 Å². The van der Waals surface area contributed by atoms with Gasteiger partial charge < -0.3 is 5.32 Å². The molecule has 0 amide bonds. The third-order valence-electron chi connectivity index (χ3n) is 2.80. The van der Waals surface area contributed by atoms with Crippen LogP contribution < -0.4 is 5.32 Å². The molecule has 98 valence electrons. The molecule has 19 heavy (non-hydrogen) atoms. The molecule has 2 aromatic rings. The highest BCUT2D eigenvalue weighted by Crippen LogP contribution is 2.22. The topological polar surface area (TPSA) is 55.2 Å². The first kappa shape index (κ1) is 13.5. The molecule has 0 aliphatic carbocycles. The van der Waals surface area contributed by atoms with Crippen LogP contribution in [0.2, 0.25) is 0 Å². The average Bonchev–Trinajstić information content (AvgIpc) is 2.37. The highest BCUT2D eigenvalue weighted by molar-refractivity contribution is 9.10. The van der Waals surface area contributed by atoms with Crippen molar-refractivity contribution in [2.75, 3.05) is 5.32 Å². The van der Waals surface area contributed by atoms with Gasteiger partial charge in [0.15, 0.2) is 0 Å². The maximum absolute atomic E-state index is 10.8. The van der Waals surface area contributed by atoms with E-state index in [4.69, 9.17) is 0 Å². The number of hydrogen-bond donors (Lipinski definition) is 1. The Hall–Kier alpha value is -1.88. The summed E-state index contributed by atoms with van der Waals surface area (Å²) < 4.78 is 1.02. The number of benzene rings is 2. The molecule has 0 aliphatic heterocycles. The van der Waals surface area contributed by atoms with Crippen molar-refractivity contribution in [3.63, 3.8) is 0 Å². The molecular weight excluding hydrogens is 308 g/mol. The van der Waals surface area contributed by atoms with Gasteiger partial charge in [-0.15, -0.1) is 0 Å². The predicted octanol–water partition coefficient (Wildman–Crippen LogP) is 4.28. The van der Waals surface area contributed by atoms with Crippen molar-refractivity contribution in [3.8, 4) is 0 Å². The molecule has 0 radical (unpaired) electrons. The first-order valence-corrected chi connectivity index (χ1v) is 6.59. The van der Waals surface area contributed by atoms with Gasteiger partial charge in [-0.3, -0.25) is 10.1 Å². The summed E-state index contributed by atoms with van der Waals surface area (Å²) in [5.74, 6) is 0. The summed E-state index contributed by atoms with van der Waals surface area (Å²) in [7, 11) is 0. The van der Waals surface area contributed by atoms with Crippen LogP contribution >= 0.6 is 15.9 Å². The zero-order chi connectivity index (χ0) is 13.8. The molecule has 0 atom stereocenters. The van der Waals surface area contributed by atoms with Gasteiger partial charge >= 0.3 is 0 Å². The van der Waals surface area contributed by atoms with Gasteiger partial charge in [0, 0.05) is 28.8 Å². The lowest BCUT2D eigenvalue weighted by atomic mass is 10.1. The van der Waals surface area contributed by atoms with Gasteiger partial charge in [-0.1, -0.05) is 34.1 Å². The third-order valence-corrected chi connectivity index (χ3v) is 3.30. The molecule has 0 saturated heterocycles. The third kappa shape index (κ3) is 3.54. The molecule has 2 aromatic carbocycles. The Bertz CT molecular complexity index is 614. The molecule has 4 nitrogen and oxygen atoms in total. The standard InChI is InChI=1S/C14H13BrN2O2/c1-10-5-6-13(17(18)19)8-14(10)16-9-11-3-2-4-12(15)7-11/h2-8,16H,9H2,1H3. The summed E-state index contributed by atoms with van der Waals surface area (Å²) >= 11 is 3.42. The van der Waals surface area contributed by atoms with Crippen LogP contribution in [0, 0.1) is 17.0 Å². The molecule has 2 rings (SSSR count). The van der Waals surface area contributed by atoms with Crippen LogP contribution in [0.5, 0.6) is 0 Å². The Balaban J connectivity index is 2.15. The van der Waals surface area contributed by atoms with E-state index in [2.05, 4.69) is 21.2 Å². The first-order chi connectivity index (χ1) is 9.06. The van der Waals surface area contributed by atoms with Gasteiger partial charge in [0.05, 0.1) is 4.92 Å². The second-order valence-electron chi connectivity index (χ2n) is 4.24. The Labute approximate surface area is 119 Å². The van der Waals surface area contributed by atoms with Crippen molar-refractivity contribution in [3.05, 3.63) is 68.2 Å². The van der Waals surface area contributed by atoms with Gasteiger partial charge in [-0.2, -0.15) is 0 Å². The lowest BCUT2D eigenvalue weighted by Gasteiger charge is -2.09. The van der Waals surface area contributed by atoms with Gasteiger partial charge in [0.2, 0.25) is 0 Å². The monoisotopic (exact) mass is 320 g/mol. The molecule has 0 aliphatic rings. The highest BCUT2D eigenvalue weighted by atomic mass is 79.9. The molecule has 0 fully saturated rings. The second-order valence-corrected chi connectivity index (χ2v) is 5.16. The van der Waals surface area contributed by atoms with Gasteiger partial charge in [0.1, 0.15) is 0 Å². The summed E-state index contributed by atoms with van der Waals surface area (Å²) in [6.45, 7) is 2.55. The maximum atomic E-state index is 10.8. The Kier molecular flexibility index (Phi) is 4.16. The lowest BCUT2D eigenvalue weighted by Crippen LogP contribution is -2.01. The Morgan fingerprint density at radius 2 is 2.05 bits per heavy atom. The minimum Gasteiger partial charge on any atom is -0.381 e. The van der Waals surface area contributed by atoms with E-state index in [-0.39, 0.29) is 10.6 Å². The minimum absolute atomic E-state index is 0.0994. The number of hydrogen-bond acceptors (Lipinski definition) is 3. The minimum atomic E-state index is -0.385. The number of anilines is 1. The number of nitro groups is 1. The van der Waals surface area contributed by atoms with Crippen LogP contribution in [0.4, 0.5) is 11.4 Å². The molecule has 0 heterocycles. The highest BCUT2D eigenvalue weighted by Gasteiger charge is 2.08. The molecule has 1 N–H and O–H groups in total. The number of halogens is 1. The van der Waals surface area contributed by atoms with E-state index < -0.39 is 0 Å². The summed E-state index contributed by atoms with van der Waals surface area (Å²) in [5.41, 5.74) is 2.98. The van der Waals surface area contributed by atoms with Crippen molar-refractivity contribution in [1.29, 1.82) is 0 Å². The first-order valence-electron chi connectivity index (χ1n) is 5.79. The number of rotatable bonds is 4. The second kappa shape index (κ2) is 5.84. The van der Waals surface area contributed by atoms with Crippen molar-refractivity contribution in [2.45, 2.75) is 13.5 Å². The van der Waals surface area contributed by atoms with Crippen LogP contribution in [0.15, 0.2) is 46.9 Å². The molecule has 0 bridgehead atoms. The number of nitrogens with one attached hydrogen (secondary N) is 1. The fraction of sp³-hybridized carbons (Fsp3) is 0.143. The normalized spacial score (nSPS) is 10.2. The van der Waals surface area contributed by atoms with Gasteiger partial charge in [0.25, 0.3) is 5.69 Å². The van der Waals surface area contributed by atoms with Crippen molar-refractivity contribution in [2.24, 2.45) is 0 Å². The van der Waals surface area contributed by atoms with Crippen molar-refractivity contribution < 1.29 is 4.92 Å². The van der Waals surface area contributed by atoms with E-state index in [0.717, 1.165) is 21.3 Å². The van der Waals surface area contributed by atoms with Crippen LogP contribution in [0.3, 0.4) is 0 Å². The molecule has 0 saturated carbocycles. The van der Waals surface area contributed by atoms with Crippen molar-refractivity contribution >= 4 is 27.3 Å². The van der Waals surface area contributed by atoms with E-state index in [0.29, 0.717) is 6.54 Å². The molecule has 0 aromatic heterocycles. The number of nitrogens with zero attached hydrogens (tertiary/aromatic N) is 1. The Morgan fingerprint density at radius 3 is 2.74 bits per heavy atom. The number of nitro benzene ring substituents is 1. The van der Waals surface area contributed by atoms with Gasteiger partial charge in [-0.05, 0) is 30.2 Å². The fourth-order valence-electron chi connectivity index (χ4n) is 1.76. The SMILES string of the molecule is Cc1ccc([N+](=O)[O-])cc1NCc1cccc(Br)c1. The molecular formula is C14H13BrN2O2. The largest absolute Gasteiger partial charge is 0.381 e. The van der Waals surface area contributed by atoms with E-state index in [1.54, 1.807) is 12.1 Å². The average molecular weight is 321 g/mol. The van der Waals surface area contributed by atoms with Crippen LogP contribution in [-0.4, -0.2) is 4.92 Å². The zero-order valence-electron chi connectivity index (χ0n) is 10.4. The Morgan fingerprint density at radius 1 is 1.26 bits per heavy atom. The van der Waals surface area contributed by atoms with E-state index in [9.17, 15) is 10.1 Å². The molecule has 0 spiro atoms. The summed E-state index contributed by atoms with van der Waals surface area (Å²) in [6.07, 6.45) is 0. The van der Waals surface area contributed by atoms with Crippen LogP contribution in [0.25, 0.3) is 0 Å². The molecule has 0 unspecified atom stereocenters. The maximum Gasteiger partial charge on any atom is 0.271 e. The number of aryl methyl sites for hydroxylation is 1. The summed E-state index contributed by atoms with van der Waals surface area (Å²) in [5, 5.41) is 14.0. The van der Waals surface area contributed by atoms with E-state index in [1.165, 1.54) is 6.07 Å². The summed E-state index contributed by atoms with van der Waals surface area (Å²) in [6, 6.07) is 12.8. The number of non-ortho nitro benzene ring substituents is 1. The van der Waals surface area contributed by atoms with E-state index in [1.807, 2.05) is 31.2 Å². The van der Waals surface area contributed by atoms with Gasteiger partial charge in [-0.25, -0.2) is 0 Å². The van der Waals surface area contributed by atoms with Crippen molar-refractivity contribution in [1.82, 2.24) is 0 Å². The quantitative estimate of drug-likeness (QED) is 0.675.